The zero-order chi connectivity index (χ0) is 14.7. The summed E-state index contributed by atoms with van der Waals surface area (Å²) in [6, 6.07) is 11.4. The largest absolute Gasteiger partial charge is 0.496 e. The molecule has 2 rings (SSSR count). The van der Waals surface area contributed by atoms with Crippen LogP contribution in [0.4, 0.5) is 0 Å². The molecule has 104 valence electrons. The molecule has 2 aromatic carbocycles. The highest BCUT2D eigenvalue weighted by Crippen LogP contribution is 2.26. The summed E-state index contributed by atoms with van der Waals surface area (Å²) in [6.45, 7) is 1.95. The van der Waals surface area contributed by atoms with Gasteiger partial charge in [0, 0.05) is 16.5 Å². The number of carbonyl (C=O) groups excluding carboxylic acids is 1. The first-order valence-electron chi connectivity index (χ1n) is 6.13. The number of rotatable bonds is 4. The van der Waals surface area contributed by atoms with Gasteiger partial charge in [0.15, 0.2) is 5.78 Å². The van der Waals surface area contributed by atoms with E-state index in [4.69, 9.17) is 4.74 Å². The van der Waals surface area contributed by atoms with E-state index in [0.717, 1.165) is 31.4 Å². The molecule has 2 nitrogen and oxygen atoms in total. The zero-order valence-corrected chi connectivity index (χ0v) is 14.4. The minimum atomic E-state index is 0.118. The number of hydrogen-bond acceptors (Lipinski definition) is 2. The average Bonchev–Trinajstić information content (AvgIpc) is 2.38. The fourth-order valence-corrected chi connectivity index (χ4v) is 3.10. The molecular weight excluding hydrogens is 384 g/mol. The van der Waals surface area contributed by atoms with Crippen LogP contribution >= 0.6 is 31.9 Å². The van der Waals surface area contributed by atoms with Gasteiger partial charge < -0.3 is 4.74 Å². The predicted octanol–water partition coefficient (Wildman–Crippen LogP) is 4.95. The van der Waals surface area contributed by atoms with Crippen molar-refractivity contribution in [2.45, 2.75) is 13.3 Å². The zero-order valence-electron chi connectivity index (χ0n) is 11.2. The number of benzene rings is 2. The Hall–Kier alpha value is -1.13. The van der Waals surface area contributed by atoms with Crippen molar-refractivity contribution in [3.63, 3.8) is 0 Å². The van der Waals surface area contributed by atoms with E-state index >= 15 is 0 Å². The molecule has 4 heteroatoms. The van der Waals surface area contributed by atoms with Gasteiger partial charge in [-0.1, -0.05) is 28.1 Å². The van der Waals surface area contributed by atoms with E-state index in [1.807, 2.05) is 43.3 Å². The molecule has 0 saturated heterocycles. The Morgan fingerprint density at radius 1 is 1.15 bits per heavy atom. The van der Waals surface area contributed by atoms with Crippen LogP contribution in [-0.4, -0.2) is 12.9 Å². The number of carbonyl (C=O) groups is 1. The molecule has 0 unspecified atom stereocenters. The van der Waals surface area contributed by atoms with Gasteiger partial charge in [-0.05, 0) is 58.2 Å². The van der Waals surface area contributed by atoms with Crippen LogP contribution < -0.4 is 4.74 Å². The lowest BCUT2D eigenvalue weighted by atomic mass is 9.99. The van der Waals surface area contributed by atoms with Crippen molar-refractivity contribution in [1.82, 2.24) is 0 Å². The maximum atomic E-state index is 12.4. The highest BCUT2D eigenvalue weighted by molar-refractivity contribution is 9.10. The van der Waals surface area contributed by atoms with Crippen molar-refractivity contribution in [2.75, 3.05) is 7.11 Å². The lowest BCUT2D eigenvalue weighted by Gasteiger charge is -2.08. The van der Waals surface area contributed by atoms with E-state index in [-0.39, 0.29) is 5.78 Å². The van der Waals surface area contributed by atoms with Gasteiger partial charge in [0.25, 0.3) is 0 Å². The molecule has 0 saturated carbocycles. The number of halogens is 2. The van der Waals surface area contributed by atoms with Gasteiger partial charge in [0.05, 0.1) is 11.6 Å². The summed E-state index contributed by atoms with van der Waals surface area (Å²) in [5.74, 6) is 0.882. The van der Waals surface area contributed by atoms with E-state index in [2.05, 4.69) is 31.9 Å². The molecule has 0 heterocycles. The second-order valence-electron chi connectivity index (χ2n) is 4.53. The minimum Gasteiger partial charge on any atom is -0.496 e. The van der Waals surface area contributed by atoms with Gasteiger partial charge in [0.2, 0.25) is 0 Å². The number of methoxy groups -OCH3 is 1. The smallest absolute Gasteiger partial charge is 0.167 e. The molecule has 0 bridgehead atoms. The molecule has 2 aromatic rings. The van der Waals surface area contributed by atoms with E-state index in [1.54, 1.807) is 7.11 Å². The Bertz CT molecular complexity index is 651. The molecule has 0 spiro atoms. The quantitative estimate of drug-likeness (QED) is 0.682. The van der Waals surface area contributed by atoms with Crippen LogP contribution in [0, 0.1) is 6.92 Å². The number of ketones is 1. The van der Waals surface area contributed by atoms with Gasteiger partial charge >= 0.3 is 0 Å². The molecule has 0 fully saturated rings. The normalized spacial score (nSPS) is 10.4. The van der Waals surface area contributed by atoms with Crippen molar-refractivity contribution in [1.29, 1.82) is 0 Å². The maximum Gasteiger partial charge on any atom is 0.167 e. The SMILES string of the molecule is COc1ccc(CC(=O)c2ccc(Br)cc2C)cc1Br. The van der Waals surface area contributed by atoms with E-state index < -0.39 is 0 Å². The first-order chi connectivity index (χ1) is 9.51. The van der Waals surface area contributed by atoms with Crippen molar-refractivity contribution in [2.24, 2.45) is 0 Å². The van der Waals surface area contributed by atoms with Crippen LogP contribution in [0.2, 0.25) is 0 Å². The third-order valence-electron chi connectivity index (χ3n) is 3.07. The fraction of sp³-hybridized carbons (Fsp3) is 0.188. The van der Waals surface area contributed by atoms with Crippen LogP contribution in [0.1, 0.15) is 21.5 Å². The third kappa shape index (κ3) is 3.49. The summed E-state index contributed by atoms with van der Waals surface area (Å²) in [5, 5.41) is 0. The van der Waals surface area contributed by atoms with E-state index in [0.29, 0.717) is 6.42 Å². The third-order valence-corrected chi connectivity index (χ3v) is 4.18. The lowest BCUT2D eigenvalue weighted by molar-refractivity contribution is 0.0992. The highest BCUT2D eigenvalue weighted by Gasteiger charge is 2.11. The van der Waals surface area contributed by atoms with Crippen molar-refractivity contribution in [3.05, 3.63) is 62.0 Å². The van der Waals surface area contributed by atoms with Gasteiger partial charge in [-0.2, -0.15) is 0 Å². The summed E-state index contributed by atoms with van der Waals surface area (Å²) in [4.78, 5) is 12.4. The molecule has 20 heavy (non-hydrogen) atoms. The second kappa shape index (κ2) is 6.55. The molecular formula is C16H14Br2O2. The van der Waals surface area contributed by atoms with Crippen molar-refractivity contribution >= 4 is 37.6 Å². The summed E-state index contributed by atoms with van der Waals surface area (Å²) >= 11 is 6.84. The molecule has 0 radical (unpaired) electrons. The molecule has 0 aliphatic rings. The number of hydrogen-bond donors (Lipinski definition) is 0. The first-order valence-corrected chi connectivity index (χ1v) is 7.71. The molecule has 0 atom stereocenters. The van der Waals surface area contributed by atoms with Crippen LogP contribution in [-0.2, 0) is 6.42 Å². The van der Waals surface area contributed by atoms with Crippen LogP contribution in [0.5, 0.6) is 5.75 Å². The number of aryl methyl sites for hydroxylation is 1. The fourth-order valence-electron chi connectivity index (χ4n) is 2.04. The Morgan fingerprint density at radius 2 is 1.90 bits per heavy atom. The number of Topliss-reactive ketones (excluding diaryl/α,β-unsaturated/α-hetero) is 1. The van der Waals surface area contributed by atoms with E-state index in [1.165, 1.54) is 0 Å². The maximum absolute atomic E-state index is 12.4. The molecule has 0 amide bonds. The summed E-state index contributed by atoms with van der Waals surface area (Å²) in [5.41, 5.74) is 2.71. The van der Waals surface area contributed by atoms with Crippen LogP contribution in [0.3, 0.4) is 0 Å². The highest BCUT2D eigenvalue weighted by atomic mass is 79.9. The average molecular weight is 398 g/mol. The number of ether oxygens (including phenoxy) is 1. The minimum absolute atomic E-state index is 0.118. The predicted molar refractivity (Wildman–Crippen MR) is 87.6 cm³/mol. The lowest BCUT2D eigenvalue weighted by Crippen LogP contribution is -2.05. The van der Waals surface area contributed by atoms with Gasteiger partial charge in [0.1, 0.15) is 5.75 Å². The topological polar surface area (TPSA) is 26.3 Å². The van der Waals surface area contributed by atoms with Gasteiger partial charge in [-0.25, -0.2) is 0 Å². The summed E-state index contributed by atoms with van der Waals surface area (Å²) in [6.07, 6.45) is 0.380. The second-order valence-corrected chi connectivity index (χ2v) is 6.30. The molecule has 0 aliphatic carbocycles. The first kappa shape index (κ1) is 15.3. The standard InChI is InChI=1S/C16H14Br2O2/c1-10-7-12(17)4-5-13(10)15(19)9-11-3-6-16(20-2)14(18)8-11/h3-8H,9H2,1-2H3. The monoisotopic (exact) mass is 396 g/mol. The Morgan fingerprint density at radius 3 is 2.50 bits per heavy atom. The van der Waals surface area contributed by atoms with Crippen LogP contribution in [0.15, 0.2) is 45.3 Å². The molecule has 0 N–H and O–H groups in total. The van der Waals surface area contributed by atoms with Crippen LogP contribution in [0.25, 0.3) is 0 Å². The Balaban J connectivity index is 2.21. The summed E-state index contributed by atoms with van der Waals surface area (Å²) in [7, 11) is 1.62. The molecule has 0 aromatic heterocycles. The van der Waals surface area contributed by atoms with Gasteiger partial charge in [-0.3, -0.25) is 4.79 Å². The Labute approximate surface area is 135 Å². The molecule has 0 aliphatic heterocycles. The van der Waals surface area contributed by atoms with Crippen molar-refractivity contribution < 1.29 is 9.53 Å². The summed E-state index contributed by atoms with van der Waals surface area (Å²) < 4.78 is 7.03. The van der Waals surface area contributed by atoms with E-state index in [9.17, 15) is 4.79 Å². The Kier molecular flexibility index (Phi) is 5.00. The van der Waals surface area contributed by atoms with Gasteiger partial charge in [-0.15, -0.1) is 0 Å². The van der Waals surface area contributed by atoms with Crippen molar-refractivity contribution in [3.8, 4) is 5.75 Å².